The summed E-state index contributed by atoms with van der Waals surface area (Å²) in [5, 5.41) is 9.54. The molecule has 1 N–H and O–H groups in total. The first-order valence-corrected chi connectivity index (χ1v) is 6.25. The number of pyridine rings is 1. The van der Waals surface area contributed by atoms with Crippen molar-refractivity contribution >= 4 is 18.9 Å². The number of hydrogen-bond acceptors (Lipinski definition) is 5. The van der Waals surface area contributed by atoms with Crippen molar-refractivity contribution in [2.75, 3.05) is 0 Å². The van der Waals surface area contributed by atoms with E-state index in [0.29, 0.717) is 24.7 Å². The molecule has 0 fully saturated rings. The molecule has 6 heteroatoms. The van der Waals surface area contributed by atoms with Crippen LogP contribution in [-0.4, -0.2) is 23.4 Å². The number of benzene rings is 1. The van der Waals surface area contributed by atoms with E-state index in [9.17, 15) is 9.82 Å². The molecule has 100 valence electrons. The second-order valence-corrected chi connectivity index (χ2v) is 4.50. The van der Waals surface area contributed by atoms with Crippen molar-refractivity contribution in [1.82, 2.24) is 4.98 Å². The van der Waals surface area contributed by atoms with Gasteiger partial charge in [0, 0.05) is 18.7 Å². The topological polar surface area (TPSA) is 68.7 Å². The Morgan fingerprint density at radius 2 is 2.30 bits per heavy atom. The Kier molecular flexibility index (Phi) is 3.49. The molecule has 0 spiro atoms. The van der Waals surface area contributed by atoms with Crippen LogP contribution in [0.5, 0.6) is 11.6 Å². The molecule has 0 radical (unpaired) electrons. The third-order valence-electron chi connectivity index (χ3n) is 3.12. The van der Waals surface area contributed by atoms with E-state index in [-0.39, 0.29) is 0 Å². The van der Waals surface area contributed by atoms with E-state index < -0.39 is 7.12 Å². The van der Waals surface area contributed by atoms with Gasteiger partial charge in [-0.2, -0.15) is 0 Å². The molecule has 0 aliphatic carbocycles. The van der Waals surface area contributed by atoms with Gasteiger partial charge in [-0.15, -0.1) is 0 Å². The van der Waals surface area contributed by atoms with Crippen molar-refractivity contribution in [1.29, 1.82) is 0 Å². The van der Waals surface area contributed by atoms with Crippen LogP contribution in [-0.2, 0) is 22.5 Å². The molecule has 20 heavy (non-hydrogen) atoms. The number of nitrogens with zero attached hydrogens (tertiary/aromatic N) is 1. The number of carbonyl (C=O) groups excluding carboxylic acids is 1. The lowest BCUT2D eigenvalue weighted by atomic mass is 9.80. The molecule has 0 atom stereocenters. The molecule has 0 amide bonds. The smallest absolute Gasteiger partial charge is 0.439 e. The highest BCUT2D eigenvalue weighted by atomic mass is 16.5. The van der Waals surface area contributed by atoms with E-state index in [0.717, 1.165) is 22.9 Å². The second-order valence-electron chi connectivity index (χ2n) is 4.50. The summed E-state index contributed by atoms with van der Waals surface area (Å²) in [6.45, 7) is 0.374. The van der Waals surface area contributed by atoms with Crippen molar-refractivity contribution in [2.24, 2.45) is 0 Å². The lowest BCUT2D eigenvalue weighted by molar-refractivity contribution is -0.107. The molecule has 1 aromatic carbocycles. The Bertz CT molecular complexity index is 630. The van der Waals surface area contributed by atoms with Gasteiger partial charge in [-0.1, -0.05) is 12.1 Å². The number of hydrogen-bond donors (Lipinski definition) is 1. The van der Waals surface area contributed by atoms with Crippen LogP contribution in [0.1, 0.15) is 11.1 Å². The molecule has 2 heterocycles. The van der Waals surface area contributed by atoms with Gasteiger partial charge in [-0.05, 0) is 28.7 Å². The van der Waals surface area contributed by atoms with Gasteiger partial charge in [0.05, 0.1) is 6.61 Å². The summed E-state index contributed by atoms with van der Waals surface area (Å²) in [5.41, 5.74) is 2.53. The zero-order valence-corrected chi connectivity index (χ0v) is 10.7. The number of aromatic nitrogens is 1. The molecule has 2 aromatic rings. The molecule has 0 unspecified atom stereocenters. The van der Waals surface area contributed by atoms with Gasteiger partial charge in [0.15, 0.2) is 0 Å². The Labute approximate surface area is 116 Å². The predicted molar refractivity (Wildman–Crippen MR) is 72.9 cm³/mol. The van der Waals surface area contributed by atoms with Crippen LogP contribution in [0, 0.1) is 0 Å². The molecule has 5 nitrogen and oxygen atoms in total. The zero-order chi connectivity index (χ0) is 13.9. The maximum atomic E-state index is 10.4. The maximum absolute atomic E-state index is 10.4. The molecule has 1 aromatic heterocycles. The van der Waals surface area contributed by atoms with E-state index in [1.807, 2.05) is 6.07 Å². The minimum atomic E-state index is -0.847. The number of rotatable bonds is 4. The molecule has 1 aliphatic heterocycles. The summed E-state index contributed by atoms with van der Waals surface area (Å²) < 4.78 is 10.8. The third-order valence-corrected chi connectivity index (χ3v) is 3.12. The van der Waals surface area contributed by atoms with Gasteiger partial charge < -0.3 is 19.2 Å². The summed E-state index contributed by atoms with van der Waals surface area (Å²) in [6, 6.07) is 8.89. The quantitative estimate of drug-likeness (QED) is 0.657. The van der Waals surface area contributed by atoms with Crippen LogP contribution in [0.15, 0.2) is 36.5 Å². The summed E-state index contributed by atoms with van der Waals surface area (Å²) >= 11 is 0. The van der Waals surface area contributed by atoms with Crippen molar-refractivity contribution in [3.8, 4) is 11.6 Å². The summed E-state index contributed by atoms with van der Waals surface area (Å²) in [6.07, 6.45) is 2.80. The number of carbonyl (C=O) groups is 1. The van der Waals surface area contributed by atoms with Gasteiger partial charge in [-0.25, -0.2) is 4.98 Å². The van der Waals surface area contributed by atoms with E-state index >= 15 is 0 Å². The molecular formula is C14H12BNO4. The number of fused-ring (bicyclic) bond motifs is 1. The van der Waals surface area contributed by atoms with Crippen LogP contribution in [0.2, 0.25) is 0 Å². The van der Waals surface area contributed by atoms with E-state index in [1.54, 1.807) is 30.5 Å². The van der Waals surface area contributed by atoms with Gasteiger partial charge >= 0.3 is 7.12 Å². The Morgan fingerprint density at radius 1 is 1.40 bits per heavy atom. The van der Waals surface area contributed by atoms with Gasteiger partial charge in [0.1, 0.15) is 12.0 Å². The predicted octanol–water partition coefficient (Wildman–Crippen LogP) is 0.833. The standard InChI is InChI=1S/C14H12BNO4/c17-6-5-10-1-4-14(16-8-10)20-12-2-3-13-11(7-12)9-19-15(13)18/h1-4,6-8,18H,5,9H2. The SMILES string of the molecule is O=CCc1ccc(Oc2ccc3c(c2)COB3O)nc1. The summed E-state index contributed by atoms with van der Waals surface area (Å²) in [5.74, 6) is 1.09. The Hall–Kier alpha value is -2.18. The van der Waals surface area contributed by atoms with Crippen molar-refractivity contribution in [3.63, 3.8) is 0 Å². The van der Waals surface area contributed by atoms with Crippen molar-refractivity contribution in [3.05, 3.63) is 47.7 Å². The zero-order valence-electron chi connectivity index (χ0n) is 10.7. The number of ether oxygens (including phenoxy) is 1. The van der Waals surface area contributed by atoms with E-state index in [2.05, 4.69) is 4.98 Å². The fourth-order valence-electron chi connectivity index (χ4n) is 2.08. The first-order valence-electron chi connectivity index (χ1n) is 6.25. The van der Waals surface area contributed by atoms with Gasteiger partial charge in [-0.3, -0.25) is 0 Å². The van der Waals surface area contributed by atoms with Gasteiger partial charge in [0.25, 0.3) is 0 Å². The molecule has 0 bridgehead atoms. The fourth-order valence-corrected chi connectivity index (χ4v) is 2.08. The monoisotopic (exact) mass is 269 g/mol. The van der Waals surface area contributed by atoms with E-state index in [1.165, 1.54) is 0 Å². The van der Waals surface area contributed by atoms with Crippen molar-refractivity contribution in [2.45, 2.75) is 13.0 Å². The third kappa shape index (κ3) is 2.56. The lowest BCUT2D eigenvalue weighted by Gasteiger charge is -2.06. The maximum Gasteiger partial charge on any atom is 0.491 e. The Morgan fingerprint density at radius 3 is 3.05 bits per heavy atom. The minimum Gasteiger partial charge on any atom is -0.439 e. The number of aldehydes is 1. The first-order chi connectivity index (χ1) is 9.76. The van der Waals surface area contributed by atoms with Gasteiger partial charge in [0.2, 0.25) is 5.88 Å². The second kappa shape index (κ2) is 5.44. The van der Waals surface area contributed by atoms with Crippen molar-refractivity contribution < 1.29 is 19.2 Å². The molecular weight excluding hydrogens is 257 g/mol. The Balaban J connectivity index is 1.76. The van der Waals surface area contributed by atoms with Crippen LogP contribution >= 0.6 is 0 Å². The molecule has 0 saturated carbocycles. The van der Waals surface area contributed by atoms with Crippen LogP contribution in [0.3, 0.4) is 0 Å². The highest BCUT2D eigenvalue weighted by Gasteiger charge is 2.27. The van der Waals surface area contributed by atoms with Crippen LogP contribution in [0.4, 0.5) is 0 Å². The molecule has 3 rings (SSSR count). The molecule has 1 aliphatic rings. The fraction of sp³-hybridized carbons (Fsp3) is 0.143. The minimum absolute atomic E-state index is 0.349. The van der Waals surface area contributed by atoms with Crippen LogP contribution in [0.25, 0.3) is 0 Å². The van der Waals surface area contributed by atoms with Crippen LogP contribution < -0.4 is 10.2 Å². The highest BCUT2D eigenvalue weighted by Crippen LogP contribution is 2.22. The normalized spacial score (nSPS) is 13.2. The van der Waals surface area contributed by atoms with E-state index in [4.69, 9.17) is 9.39 Å². The molecule has 0 saturated heterocycles. The summed E-state index contributed by atoms with van der Waals surface area (Å²) in [7, 11) is -0.847. The largest absolute Gasteiger partial charge is 0.491 e. The first kappa shape index (κ1) is 12.8. The highest BCUT2D eigenvalue weighted by molar-refractivity contribution is 6.61. The lowest BCUT2D eigenvalue weighted by Crippen LogP contribution is -2.27. The average Bonchev–Trinajstić information content (AvgIpc) is 2.83. The average molecular weight is 269 g/mol. The summed E-state index contributed by atoms with van der Waals surface area (Å²) in [4.78, 5) is 14.5.